The van der Waals surface area contributed by atoms with Crippen LogP contribution in [0, 0.1) is 0 Å². The van der Waals surface area contributed by atoms with Crippen LogP contribution in [-0.4, -0.2) is 33.2 Å². The average Bonchev–Trinajstić information content (AvgIpc) is 2.65. The summed E-state index contributed by atoms with van der Waals surface area (Å²) in [6.07, 6.45) is 0.940. The normalized spacial score (nSPS) is 17.8. The van der Waals surface area contributed by atoms with Gasteiger partial charge in [-0.05, 0) is 24.1 Å². The van der Waals surface area contributed by atoms with Crippen molar-refractivity contribution in [2.75, 3.05) is 17.1 Å². The molecule has 0 aromatic heterocycles. The Balaban J connectivity index is 1.82. The second-order valence-corrected chi connectivity index (χ2v) is 8.16. The Labute approximate surface area is 153 Å². The average molecular weight is 374 g/mol. The van der Waals surface area contributed by atoms with Gasteiger partial charge in [0.05, 0.1) is 24.5 Å². The largest absolute Gasteiger partial charge is 0.476 e. The van der Waals surface area contributed by atoms with Crippen molar-refractivity contribution in [1.82, 2.24) is 5.32 Å². The Kier molecular flexibility index (Phi) is 5.18. The third-order valence-corrected chi connectivity index (χ3v) is 5.50. The Hall–Kier alpha value is -2.54. The fourth-order valence-electron chi connectivity index (χ4n) is 3.02. The van der Waals surface area contributed by atoms with Gasteiger partial charge in [0, 0.05) is 0 Å². The number of hydrogen-bond acceptors (Lipinski definition) is 4. The molecular formula is C19H22N2O4S. The number of carbonyl (C=O) groups is 1. The van der Waals surface area contributed by atoms with Crippen LogP contribution in [0.5, 0.6) is 5.75 Å². The predicted octanol–water partition coefficient (Wildman–Crippen LogP) is 2.48. The van der Waals surface area contributed by atoms with E-state index < -0.39 is 16.1 Å². The predicted molar refractivity (Wildman–Crippen MR) is 101 cm³/mol. The van der Waals surface area contributed by atoms with Gasteiger partial charge in [0.2, 0.25) is 10.0 Å². The molecule has 3 rings (SSSR count). The lowest BCUT2D eigenvalue weighted by atomic mass is 10.0. The van der Waals surface area contributed by atoms with Gasteiger partial charge >= 0.3 is 0 Å². The number of anilines is 1. The number of amides is 1. The molecule has 0 bridgehead atoms. The van der Waals surface area contributed by atoms with E-state index in [2.05, 4.69) is 5.32 Å². The summed E-state index contributed by atoms with van der Waals surface area (Å²) in [5.41, 5.74) is 1.45. The Bertz CT molecular complexity index is 883. The molecule has 1 aliphatic heterocycles. The number of rotatable bonds is 5. The van der Waals surface area contributed by atoms with E-state index in [1.54, 1.807) is 24.3 Å². The summed E-state index contributed by atoms with van der Waals surface area (Å²) in [4.78, 5) is 12.8. The lowest BCUT2D eigenvalue weighted by Crippen LogP contribution is -2.51. The number of nitrogens with zero attached hydrogens (tertiary/aromatic N) is 1. The molecular weight excluding hydrogens is 352 g/mol. The molecule has 0 saturated heterocycles. The van der Waals surface area contributed by atoms with Crippen molar-refractivity contribution < 1.29 is 17.9 Å². The number of benzene rings is 2. The number of hydrogen-bond donors (Lipinski definition) is 1. The van der Waals surface area contributed by atoms with Crippen molar-refractivity contribution in [2.45, 2.75) is 25.5 Å². The maximum Gasteiger partial charge on any atom is 0.263 e. The monoisotopic (exact) mass is 374 g/mol. The molecule has 26 heavy (non-hydrogen) atoms. The molecule has 0 unspecified atom stereocenters. The van der Waals surface area contributed by atoms with Gasteiger partial charge in [-0.15, -0.1) is 0 Å². The standard InChI is InChI=1S/C19H22N2O4S/c1-3-15(14-9-5-4-6-10-14)20-19(22)18-13-21(26(2,23)24)16-11-7-8-12-17(16)25-18/h4-12,15,18H,3,13H2,1-2H3,(H,20,22)/t15-,18+/m1/s1. The number of ether oxygens (including phenoxy) is 1. The fourth-order valence-corrected chi connectivity index (χ4v) is 3.94. The summed E-state index contributed by atoms with van der Waals surface area (Å²) in [6.45, 7) is 1.94. The van der Waals surface area contributed by atoms with Crippen LogP contribution in [0.2, 0.25) is 0 Å². The molecule has 7 heteroatoms. The van der Waals surface area contributed by atoms with E-state index in [-0.39, 0.29) is 18.5 Å². The molecule has 1 N–H and O–H groups in total. The summed E-state index contributed by atoms with van der Waals surface area (Å²) in [7, 11) is -3.52. The summed E-state index contributed by atoms with van der Waals surface area (Å²) >= 11 is 0. The molecule has 0 fully saturated rings. The van der Waals surface area contributed by atoms with Gasteiger partial charge in [-0.3, -0.25) is 9.10 Å². The highest BCUT2D eigenvalue weighted by Crippen LogP contribution is 2.34. The molecule has 0 radical (unpaired) electrons. The number of fused-ring (bicyclic) bond motifs is 1. The second kappa shape index (κ2) is 7.37. The van der Waals surface area contributed by atoms with E-state index in [0.717, 1.165) is 18.2 Å². The van der Waals surface area contributed by atoms with Crippen LogP contribution in [0.15, 0.2) is 54.6 Å². The lowest BCUT2D eigenvalue weighted by Gasteiger charge is -2.34. The second-order valence-electron chi connectivity index (χ2n) is 6.25. The highest BCUT2D eigenvalue weighted by Gasteiger charge is 2.35. The van der Waals surface area contributed by atoms with E-state index in [1.165, 1.54) is 4.31 Å². The molecule has 0 spiro atoms. The van der Waals surface area contributed by atoms with Crippen molar-refractivity contribution >= 4 is 21.6 Å². The van der Waals surface area contributed by atoms with Crippen LogP contribution in [0.3, 0.4) is 0 Å². The van der Waals surface area contributed by atoms with Gasteiger partial charge in [-0.2, -0.15) is 0 Å². The highest BCUT2D eigenvalue weighted by molar-refractivity contribution is 7.92. The summed E-state index contributed by atoms with van der Waals surface area (Å²) in [5, 5.41) is 2.97. The minimum absolute atomic E-state index is 0.0487. The smallest absolute Gasteiger partial charge is 0.263 e. The maximum absolute atomic E-state index is 12.8. The van der Waals surface area contributed by atoms with E-state index in [9.17, 15) is 13.2 Å². The molecule has 0 aliphatic carbocycles. The first-order valence-electron chi connectivity index (χ1n) is 8.49. The third-order valence-electron chi connectivity index (χ3n) is 4.35. The molecule has 6 nitrogen and oxygen atoms in total. The molecule has 1 heterocycles. The van der Waals surface area contributed by atoms with Crippen molar-refractivity contribution in [3.63, 3.8) is 0 Å². The van der Waals surface area contributed by atoms with Gasteiger partial charge in [0.1, 0.15) is 5.75 Å². The SMILES string of the molecule is CC[C@@H](NC(=O)[C@@H]1CN(S(C)(=O)=O)c2ccccc2O1)c1ccccc1. The number of sulfonamides is 1. The molecule has 2 atom stereocenters. The zero-order valence-corrected chi connectivity index (χ0v) is 15.6. The van der Waals surface area contributed by atoms with Crippen LogP contribution in [-0.2, 0) is 14.8 Å². The van der Waals surface area contributed by atoms with E-state index in [0.29, 0.717) is 11.4 Å². The molecule has 0 saturated carbocycles. The zero-order valence-electron chi connectivity index (χ0n) is 14.8. The van der Waals surface area contributed by atoms with E-state index in [1.807, 2.05) is 37.3 Å². The molecule has 138 valence electrons. The maximum atomic E-state index is 12.8. The van der Waals surface area contributed by atoms with E-state index >= 15 is 0 Å². The van der Waals surface area contributed by atoms with Crippen molar-refractivity contribution in [3.8, 4) is 5.75 Å². The first kappa shape index (κ1) is 18.3. The molecule has 2 aromatic carbocycles. The summed E-state index contributed by atoms with van der Waals surface area (Å²) in [6, 6.07) is 16.3. The van der Waals surface area contributed by atoms with Gasteiger partial charge in [-0.1, -0.05) is 49.4 Å². The van der Waals surface area contributed by atoms with Crippen molar-refractivity contribution in [2.24, 2.45) is 0 Å². The number of nitrogens with one attached hydrogen (secondary N) is 1. The summed E-state index contributed by atoms with van der Waals surface area (Å²) in [5.74, 6) is 0.0564. The summed E-state index contributed by atoms with van der Waals surface area (Å²) < 4.78 is 31.3. The fraction of sp³-hybridized carbons (Fsp3) is 0.316. The molecule has 1 amide bonds. The van der Waals surface area contributed by atoms with Crippen LogP contribution in [0.1, 0.15) is 24.9 Å². The highest BCUT2D eigenvalue weighted by atomic mass is 32.2. The van der Waals surface area contributed by atoms with Crippen LogP contribution >= 0.6 is 0 Å². The third kappa shape index (κ3) is 3.83. The van der Waals surface area contributed by atoms with Gasteiger partial charge in [0.25, 0.3) is 5.91 Å². The molecule has 1 aliphatic rings. The first-order chi connectivity index (χ1) is 12.4. The van der Waals surface area contributed by atoms with Crippen LogP contribution < -0.4 is 14.4 Å². The van der Waals surface area contributed by atoms with Gasteiger partial charge in [0.15, 0.2) is 6.10 Å². The Morgan fingerprint density at radius 1 is 1.19 bits per heavy atom. The lowest BCUT2D eigenvalue weighted by molar-refractivity contribution is -0.128. The molecule has 2 aromatic rings. The Morgan fingerprint density at radius 3 is 2.50 bits per heavy atom. The number of carbonyl (C=O) groups excluding carboxylic acids is 1. The van der Waals surface area contributed by atoms with Crippen LogP contribution in [0.4, 0.5) is 5.69 Å². The minimum atomic E-state index is -3.52. The first-order valence-corrected chi connectivity index (χ1v) is 10.3. The van der Waals surface area contributed by atoms with Crippen molar-refractivity contribution in [1.29, 1.82) is 0 Å². The quantitative estimate of drug-likeness (QED) is 0.872. The van der Waals surface area contributed by atoms with Gasteiger partial charge in [-0.25, -0.2) is 8.42 Å². The zero-order chi connectivity index (χ0) is 18.7. The minimum Gasteiger partial charge on any atom is -0.476 e. The Morgan fingerprint density at radius 2 is 1.85 bits per heavy atom. The topological polar surface area (TPSA) is 75.7 Å². The van der Waals surface area contributed by atoms with Crippen molar-refractivity contribution in [3.05, 3.63) is 60.2 Å². The van der Waals surface area contributed by atoms with Crippen LogP contribution in [0.25, 0.3) is 0 Å². The number of para-hydroxylation sites is 2. The van der Waals surface area contributed by atoms with E-state index in [4.69, 9.17) is 4.74 Å². The van der Waals surface area contributed by atoms with Gasteiger partial charge < -0.3 is 10.1 Å².